The van der Waals surface area contributed by atoms with Crippen molar-refractivity contribution in [2.45, 2.75) is 38.6 Å². The van der Waals surface area contributed by atoms with Gasteiger partial charge in [-0.1, -0.05) is 44.2 Å². The zero-order valence-electron chi connectivity index (χ0n) is 12.2. The fraction of sp³-hybridized carbons (Fsp3) is 0.625. The summed E-state index contributed by atoms with van der Waals surface area (Å²) in [4.78, 5) is 0. The van der Waals surface area contributed by atoms with Crippen LogP contribution in [0, 0.1) is 0 Å². The molecular weight excluding hydrogens is 254 g/mol. The molecule has 0 aliphatic rings. The highest BCUT2D eigenvalue weighted by atomic mass is 32.2. The van der Waals surface area contributed by atoms with Crippen LogP contribution in [0.25, 0.3) is 0 Å². The molecule has 1 rings (SSSR count). The maximum atomic E-state index is 9.94. The molecule has 2 N–H and O–H groups in total. The molecule has 0 saturated carbocycles. The number of aliphatic hydroxyl groups is 1. The van der Waals surface area contributed by atoms with Gasteiger partial charge in [-0.25, -0.2) is 0 Å². The lowest BCUT2D eigenvalue weighted by molar-refractivity contribution is 0.157. The third-order valence-electron chi connectivity index (χ3n) is 3.33. The molecule has 3 heteroatoms. The summed E-state index contributed by atoms with van der Waals surface area (Å²) in [5.41, 5.74) is 0.918. The van der Waals surface area contributed by atoms with Crippen LogP contribution in [0.2, 0.25) is 0 Å². The van der Waals surface area contributed by atoms with Gasteiger partial charge in [-0.05, 0) is 42.9 Å². The van der Waals surface area contributed by atoms with Crippen LogP contribution in [0.1, 0.15) is 38.7 Å². The lowest BCUT2D eigenvalue weighted by Gasteiger charge is -2.34. The fourth-order valence-electron chi connectivity index (χ4n) is 2.18. The second kappa shape index (κ2) is 9.40. The Bertz CT molecular complexity index is 331. The normalized spacial score (nSPS) is 14.3. The summed E-state index contributed by atoms with van der Waals surface area (Å²) in [6.07, 6.45) is 3.26. The standard InChI is InChI=1S/C16H27NOS/c1-3-11-17-16(14-18,10-13-19-12-4-2)15-8-6-5-7-9-15/h5-9,17-18H,3-4,10-14H2,1-2H3. The molecule has 1 aromatic rings. The summed E-state index contributed by atoms with van der Waals surface area (Å²) < 4.78 is 0. The van der Waals surface area contributed by atoms with E-state index in [1.165, 1.54) is 17.7 Å². The molecule has 0 aromatic heterocycles. The van der Waals surface area contributed by atoms with E-state index >= 15 is 0 Å². The maximum Gasteiger partial charge on any atom is 0.0677 e. The zero-order chi connectivity index (χ0) is 14.0. The number of thioether (sulfide) groups is 1. The molecule has 0 bridgehead atoms. The summed E-state index contributed by atoms with van der Waals surface area (Å²) in [6, 6.07) is 10.4. The molecule has 0 amide bonds. The predicted octanol–water partition coefficient (Wildman–Crippen LogP) is 3.41. The average Bonchev–Trinajstić information content (AvgIpc) is 2.48. The highest BCUT2D eigenvalue weighted by Gasteiger charge is 2.30. The van der Waals surface area contributed by atoms with E-state index in [9.17, 15) is 5.11 Å². The van der Waals surface area contributed by atoms with Gasteiger partial charge in [-0.15, -0.1) is 0 Å². The Kier molecular flexibility index (Phi) is 8.19. The van der Waals surface area contributed by atoms with Crippen molar-refractivity contribution in [3.05, 3.63) is 35.9 Å². The van der Waals surface area contributed by atoms with Gasteiger partial charge in [0.2, 0.25) is 0 Å². The summed E-state index contributed by atoms with van der Waals surface area (Å²) >= 11 is 1.97. The highest BCUT2D eigenvalue weighted by molar-refractivity contribution is 7.99. The van der Waals surface area contributed by atoms with Crippen LogP contribution in [-0.4, -0.2) is 29.8 Å². The van der Waals surface area contributed by atoms with Gasteiger partial charge in [0, 0.05) is 0 Å². The molecule has 0 radical (unpaired) electrons. The van der Waals surface area contributed by atoms with Crippen molar-refractivity contribution in [2.75, 3.05) is 24.7 Å². The number of hydrogen-bond donors (Lipinski definition) is 2. The minimum Gasteiger partial charge on any atom is -0.394 e. The average molecular weight is 281 g/mol. The Morgan fingerprint density at radius 1 is 1.11 bits per heavy atom. The first-order valence-electron chi connectivity index (χ1n) is 7.28. The third kappa shape index (κ3) is 5.17. The Hall–Kier alpha value is -0.510. The molecule has 1 aromatic carbocycles. The molecule has 0 saturated heterocycles. The minimum absolute atomic E-state index is 0.156. The van der Waals surface area contributed by atoms with Crippen molar-refractivity contribution in [1.29, 1.82) is 0 Å². The van der Waals surface area contributed by atoms with E-state index in [1.54, 1.807) is 0 Å². The van der Waals surface area contributed by atoms with Gasteiger partial charge in [-0.2, -0.15) is 11.8 Å². The fourth-order valence-corrected chi connectivity index (χ4v) is 3.16. The molecule has 0 spiro atoms. The first-order valence-corrected chi connectivity index (χ1v) is 8.43. The van der Waals surface area contributed by atoms with Gasteiger partial charge >= 0.3 is 0 Å². The van der Waals surface area contributed by atoms with Gasteiger partial charge in [0.25, 0.3) is 0 Å². The Balaban J connectivity index is 2.75. The van der Waals surface area contributed by atoms with E-state index in [0.717, 1.165) is 25.1 Å². The lowest BCUT2D eigenvalue weighted by Crippen LogP contribution is -2.46. The molecule has 1 unspecified atom stereocenters. The Labute approximate surface area is 122 Å². The molecule has 0 heterocycles. The van der Waals surface area contributed by atoms with Crippen LogP contribution in [0.4, 0.5) is 0 Å². The van der Waals surface area contributed by atoms with Crippen LogP contribution in [0.5, 0.6) is 0 Å². The van der Waals surface area contributed by atoms with E-state index in [0.29, 0.717) is 0 Å². The van der Waals surface area contributed by atoms with Crippen LogP contribution in [0.15, 0.2) is 30.3 Å². The quantitative estimate of drug-likeness (QED) is 0.645. The third-order valence-corrected chi connectivity index (χ3v) is 4.52. The monoisotopic (exact) mass is 281 g/mol. The first kappa shape index (κ1) is 16.5. The predicted molar refractivity (Wildman–Crippen MR) is 85.7 cm³/mol. The molecule has 108 valence electrons. The second-order valence-corrected chi connectivity index (χ2v) is 6.12. The van der Waals surface area contributed by atoms with E-state index in [4.69, 9.17) is 0 Å². The number of aliphatic hydroxyl groups excluding tert-OH is 1. The SMILES string of the molecule is CCCNC(CO)(CCSCCC)c1ccccc1. The summed E-state index contributed by atoms with van der Waals surface area (Å²) in [5.74, 6) is 2.28. The van der Waals surface area contributed by atoms with Crippen LogP contribution in [0.3, 0.4) is 0 Å². The summed E-state index contributed by atoms with van der Waals surface area (Å²) in [6.45, 7) is 5.46. The molecule has 0 aliphatic heterocycles. The largest absolute Gasteiger partial charge is 0.394 e. The van der Waals surface area contributed by atoms with Crippen molar-refractivity contribution in [2.24, 2.45) is 0 Å². The van der Waals surface area contributed by atoms with Crippen molar-refractivity contribution >= 4 is 11.8 Å². The zero-order valence-corrected chi connectivity index (χ0v) is 13.0. The van der Waals surface area contributed by atoms with E-state index in [-0.39, 0.29) is 12.1 Å². The van der Waals surface area contributed by atoms with Crippen molar-refractivity contribution in [1.82, 2.24) is 5.32 Å². The molecule has 1 atom stereocenters. The Morgan fingerprint density at radius 2 is 1.84 bits per heavy atom. The van der Waals surface area contributed by atoms with Crippen LogP contribution in [-0.2, 0) is 5.54 Å². The molecule has 0 aliphatic carbocycles. The topological polar surface area (TPSA) is 32.3 Å². The first-order chi connectivity index (χ1) is 9.29. The van der Waals surface area contributed by atoms with Gasteiger partial charge in [0.15, 0.2) is 0 Å². The molecule has 2 nitrogen and oxygen atoms in total. The van der Waals surface area contributed by atoms with Crippen molar-refractivity contribution in [3.63, 3.8) is 0 Å². The number of hydrogen-bond acceptors (Lipinski definition) is 3. The molecule has 0 fully saturated rings. The number of rotatable bonds is 10. The summed E-state index contributed by atoms with van der Waals surface area (Å²) in [7, 11) is 0. The van der Waals surface area contributed by atoms with Gasteiger partial charge in [0.05, 0.1) is 12.1 Å². The molecular formula is C16H27NOS. The highest BCUT2D eigenvalue weighted by Crippen LogP contribution is 2.26. The Morgan fingerprint density at radius 3 is 2.42 bits per heavy atom. The van der Waals surface area contributed by atoms with Gasteiger partial charge in [-0.3, -0.25) is 0 Å². The summed E-state index contributed by atoms with van der Waals surface area (Å²) in [5, 5.41) is 13.5. The number of benzene rings is 1. The van der Waals surface area contributed by atoms with Crippen molar-refractivity contribution in [3.8, 4) is 0 Å². The van der Waals surface area contributed by atoms with Crippen LogP contribution < -0.4 is 5.32 Å². The van der Waals surface area contributed by atoms with E-state index < -0.39 is 0 Å². The van der Waals surface area contributed by atoms with E-state index in [2.05, 4.69) is 31.3 Å². The minimum atomic E-state index is -0.280. The van der Waals surface area contributed by atoms with Crippen molar-refractivity contribution < 1.29 is 5.11 Å². The lowest BCUT2D eigenvalue weighted by atomic mass is 9.88. The second-order valence-electron chi connectivity index (χ2n) is 4.90. The van der Waals surface area contributed by atoms with Crippen LogP contribution >= 0.6 is 11.8 Å². The maximum absolute atomic E-state index is 9.94. The van der Waals surface area contributed by atoms with Gasteiger partial charge in [0.1, 0.15) is 0 Å². The molecule has 19 heavy (non-hydrogen) atoms. The van der Waals surface area contributed by atoms with Gasteiger partial charge < -0.3 is 10.4 Å². The number of nitrogens with one attached hydrogen (secondary N) is 1. The van der Waals surface area contributed by atoms with E-state index in [1.807, 2.05) is 30.0 Å². The smallest absolute Gasteiger partial charge is 0.0677 e.